The lowest BCUT2D eigenvalue weighted by atomic mass is 9.85. The molecule has 2 aromatic carbocycles. The van der Waals surface area contributed by atoms with Crippen molar-refractivity contribution in [1.29, 1.82) is 0 Å². The Hall–Kier alpha value is -4.14. The van der Waals surface area contributed by atoms with E-state index in [-0.39, 0.29) is 29.1 Å². The van der Waals surface area contributed by atoms with Crippen molar-refractivity contribution in [3.63, 3.8) is 0 Å². The number of hydrogen-bond acceptors (Lipinski definition) is 6. The van der Waals surface area contributed by atoms with Crippen molar-refractivity contribution in [2.24, 2.45) is 0 Å². The molecule has 0 amide bonds. The molecule has 2 aliphatic heterocycles. The smallest absolute Gasteiger partial charge is 0.306 e. The number of hydrogen-bond donors (Lipinski definition) is 0. The Kier molecular flexibility index (Phi) is 4.88. The van der Waals surface area contributed by atoms with Crippen LogP contribution in [0.5, 0.6) is 17.4 Å². The highest BCUT2D eigenvalue weighted by molar-refractivity contribution is 6.15. The Morgan fingerprint density at radius 1 is 1.15 bits per heavy atom. The average molecular weight is 453 g/mol. The summed E-state index contributed by atoms with van der Waals surface area (Å²) in [5.74, 6) is -5.37. The van der Waals surface area contributed by atoms with Crippen LogP contribution in [0.2, 0.25) is 0 Å². The van der Waals surface area contributed by atoms with E-state index in [9.17, 15) is 22.8 Å². The minimum Gasteiger partial charge on any atom is -0.469 e. The minimum absolute atomic E-state index is 0.0625. The van der Waals surface area contributed by atoms with Crippen molar-refractivity contribution in [3.8, 4) is 17.4 Å². The summed E-state index contributed by atoms with van der Waals surface area (Å²) in [5.41, 5.74) is 1.16. The van der Waals surface area contributed by atoms with E-state index in [0.29, 0.717) is 22.8 Å². The third kappa shape index (κ3) is 3.42. The summed E-state index contributed by atoms with van der Waals surface area (Å²) in [6, 6.07) is 8.01. The predicted octanol–water partition coefficient (Wildman–Crippen LogP) is 4.92. The molecule has 0 aliphatic carbocycles. The number of ketones is 1. The lowest BCUT2D eigenvalue weighted by Gasteiger charge is -2.27. The molecule has 0 N–H and O–H groups in total. The molecular formula is C24H14F3NO5. The number of aromatic nitrogens is 1. The highest BCUT2D eigenvalue weighted by Crippen LogP contribution is 2.52. The molecule has 0 bridgehead atoms. The highest BCUT2D eigenvalue weighted by Gasteiger charge is 2.39. The zero-order chi connectivity index (χ0) is 23.3. The van der Waals surface area contributed by atoms with Gasteiger partial charge in [-0.05, 0) is 42.0 Å². The number of fused-ring (bicyclic) bond motifs is 4. The van der Waals surface area contributed by atoms with Gasteiger partial charge in [-0.1, -0.05) is 6.07 Å². The molecule has 1 unspecified atom stereocenters. The first-order valence-electron chi connectivity index (χ1n) is 9.82. The van der Waals surface area contributed by atoms with E-state index < -0.39 is 35.1 Å². The third-order valence-electron chi connectivity index (χ3n) is 5.47. The normalized spacial score (nSPS) is 17.0. The molecular weight excluding hydrogens is 439 g/mol. The molecule has 0 saturated carbocycles. The van der Waals surface area contributed by atoms with E-state index in [4.69, 9.17) is 14.2 Å². The number of benzene rings is 2. The Balaban J connectivity index is 1.61. The molecule has 0 radical (unpaired) electrons. The molecule has 3 heterocycles. The number of rotatable bonds is 3. The standard InChI is InChI=1S/C24H14F3NO5/c1-31-19(29)10-14-12-3-2-6-28-24(12)33-17-5-4-13-22(30)18(32-23(13)20(14)17)9-11-7-15(25)21(27)16(26)8-11/h2-9,14H,10H2,1H3. The number of Topliss-reactive ketones (excluding diaryl/α,β-unsaturated/α-hetero) is 1. The lowest BCUT2D eigenvalue weighted by Crippen LogP contribution is -2.16. The van der Waals surface area contributed by atoms with Crippen LogP contribution in [-0.4, -0.2) is 23.8 Å². The number of halogens is 3. The van der Waals surface area contributed by atoms with Crippen LogP contribution in [0.4, 0.5) is 13.2 Å². The number of carbonyl (C=O) groups is 2. The SMILES string of the molecule is COC(=O)CC1c2cccnc2Oc2ccc3c(c21)OC(=Cc1cc(F)c(F)c(F)c1)C3=O. The van der Waals surface area contributed by atoms with Gasteiger partial charge in [0.2, 0.25) is 11.7 Å². The van der Waals surface area contributed by atoms with Crippen LogP contribution in [0.3, 0.4) is 0 Å². The molecule has 0 fully saturated rings. The van der Waals surface area contributed by atoms with Crippen LogP contribution < -0.4 is 9.47 Å². The third-order valence-corrected chi connectivity index (χ3v) is 5.47. The first-order valence-corrected chi connectivity index (χ1v) is 9.82. The van der Waals surface area contributed by atoms with Crippen LogP contribution in [0, 0.1) is 17.5 Å². The summed E-state index contributed by atoms with van der Waals surface area (Å²) < 4.78 is 57.0. The van der Waals surface area contributed by atoms with Gasteiger partial charge in [-0.15, -0.1) is 0 Å². The van der Waals surface area contributed by atoms with Gasteiger partial charge in [0.15, 0.2) is 23.2 Å². The topological polar surface area (TPSA) is 74.7 Å². The van der Waals surface area contributed by atoms with Gasteiger partial charge in [0.05, 0.1) is 19.1 Å². The van der Waals surface area contributed by atoms with Crippen LogP contribution in [-0.2, 0) is 9.53 Å². The first-order chi connectivity index (χ1) is 15.9. The summed E-state index contributed by atoms with van der Waals surface area (Å²) in [4.78, 5) is 29.3. The lowest BCUT2D eigenvalue weighted by molar-refractivity contribution is -0.140. The van der Waals surface area contributed by atoms with Gasteiger partial charge in [-0.2, -0.15) is 0 Å². The molecule has 0 saturated heterocycles. The molecule has 166 valence electrons. The molecule has 6 nitrogen and oxygen atoms in total. The fourth-order valence-corrected chi connectivity index (χ4v) is 3.96. The average Bonchev–Trinajstić information content (AvgIpc) is 3.12. The maximum Gasteiger partial charge on any atom is 0.306 e. The second kappa shape index (κ2) is 7.77. The number of pyridine rings is 1. The van der Waals surface area contributed by atoms with Gasteiger partial charge in [0.1, 0.15) is 11.5 Å². The van der Waals surface area contributed by atoms with Crippen molar-refractivity contribution < 1.29 is 37.0 Å². The van der Waals surface area contributed by atoms with E-state index in [1.54, 1.807) is 24.4 Å². The van der Waals surface area contributed by atoms with Gasteiger partial charge in [0, 0.05) is 23.2 Å². The number of methoxy groups -OCH3 is 1. The number of nitrogens with zero attached hydrogens (tertiary/aromatic N) is 1. The second-order valence-corrected chi connectivity index (χ2v) is 7.43. The summed E-state index contributed by atoms with van der Waals surface area (Å²) in [5, 5.41) is 0. The molecule has 1 atom stereocenters. The monoisotopic (exact) mass is 453 g/mol. The van der Waals surface area contributed by atoms with Crippen molar-refractivity contribution in [2.75, 3.05) is 7.11 Å². The van der Waals surface area contributed by atoms with E-state index in [1.807, 2.05) is 0 Å². The molecule has 3 aromatic rings. The summed E-state index contributed by atoms with van der Waals surface area (Å²) >= 11 is 0. The molecule has 1 aromatic heterocycles. The fraction of sp³-hybridized carbons (Fsp3) is 0.125. The van der Waals surface area contributed by atoms with E-state index in [2.05, 4.69) is 4.98 Å². The maximum absolute atomic E-state index is 13.6. The number of ether oxygens (including phenoxy) is 3. The molecule has 5 rings (SSSR count). The van der Waals surface area contributed by atoms with Gasteiger partial charge >= 0.3 is 5.97 Å². The summed E-state index contributed by atoms with van der Waals surface area (Å²) in [7, 11) is 1.27. The van der Waals surface area contributed by atoms with Crippen LogP contribution in [0.25, 0.3) is 6.08 Å². The number of carbonyl (C=O) groups excluding carboxylic acids is 2. The van der Waals surface area contributed by atoms with E-state index in [0.717, 1.165) is 18.2 Å². The molecule has 2 aliphatic rings. The van der Waals surface area contributed by atoms with E-state index in [1.165, 1.54) is 13.2 Å². The van der Waals surface area contributed by atoms with Gasteiger partial charge in [-0.25, -0.2) is 18.2 Å². The van der Waals surface area contributed by atoms with Gasteiger partial charge < -0.3 is 14.2 Å². The largest absolute Gasteiger partial charge is 0.469 e. The van der Waals surface area contributed by atoms with Crippen LogP contribution >= 0.6 is 0 Å². The zero-order valence-corrected chi connectivity index (χ0v) is 17.0. The quantitative estimate of drug-likeness (QED) is 0.319. The molecule has 33 heavy (non-hydrogen) atoms. The summed E-state index contributed by atoms with van der Waals surface area (Å²) in [6.45, 7) is 0. The van der Waals surface area contributed by atoms with Crippen molar-refractivity contribution in [3.05, 3.63) is 88.1 Å². The molecule has 0 spiro atoms. The van der Waals surface area contributed by atoms with Crippen LogP contribution in [0.15, 0.2) is 48.4 Å². The fourth-order valence-electron chi connectivity index (χ4n) is 3.96. The Labute approximate surface area is 185 Å². The van der Waals surface area contributed by atoms with Crippen molar-refractivity contribution in [2.45, 2.75) is 12.3 Å². The summed E-state index contributed by atoms with van der Waals surface area (Å²) in [6.07, 6.45) is 2.61. The predicted molar refractivity (Wildman–Crippen MR) is 108 cm³/mol. The van der Waals surface area contributed by atoms with Crippen molar-refractivity contribution in [1.82, 2.24) is 4.98 Å². The van der Waals surface area contributed by atoms with E-state index >= 15 is 0 Å². The Morgan fingerprint density at radius 3 is 2.64 bits per heavy atom. The minimum atomic E-state index is -1.61. The van der Waals surface area contributed by atoms with Gasteiger partial charge in [0.25, 0.3) is 0 Å². The van der Waals surface area contributed by atoms with Crippen molar-refractivity contribution >= 4 is 17.8 Å². The Bertz CT molecular complexity index is 1350. The molecule has 9 heteroatoms. The first kappa shape index (κ1) is 20.7. The second-order valence-electron chi connectivity index (χ2n) is 7.43. The van der Waals surface area contributed by atoms with Crippen LogP contribution in [0.1, 0.15) is 39.4 Å². The highest BCUT2D eigenvalue weighted by atomic mass is 19.2. The Morgan fingerprint density at radius 2 is 1.91 bits per heavy atom. The zero-order valence-electron chi connectivity index (χ0n) is 17.0. The maximum atomic E-state index is 13.6. The number of allylic oxidation sites excluding steroid dienone is 1. The number of esters is 1. The van der Waals surface area contributed by atoms with Gasteiger partial charge in [-0.3, -0.25) is 9.59 Å².